The number of hydrogen-bond acceptors (Lipinski definition) is 7. The predicted molar refractivity (Wildman–Crippen MR) is 98.8 cm³/mol. The SMILES string of the molecule is CC(Cc1ccsc1)NC(=O)CCCn1nnnc1CN1CCOCC1. The van der Waals surface area contributed by atoms with E-state index in [4.69, 9.17) is 4.74 Å². The van der Waals surface area contributed by atoms with Crippen molar-refractivity contribution in [2.24, 2.45) is 0 Å². The first kappa shape index (κ1) is 18.9. The number of carbonyl (C=O) groups excluding carboxylic acids is 1. The number of aromatic nitrogens is 4. The highest BCUT2D eigenvalue weighted by Gasteiger charge is 2.15. The quantitative estimate of drug-likeness (QED) is 0.703. The number of morpholine rings is 1. The van der Waals surface area contributed by atoms with Crippen molar-refractivity contribution in [2.45, 2.75) is 45.3 Å². The van der Waals surface area contributed by atoms with Crippen LogP contribution in [0.25, 0.3) is 0 Å². The van der Waals surface area contributed by atoms with E-state index in [1.54, 1.807) is 16.0 Å². The van der Waals surface area contributed by atoms with Crippen molar-refractivity contribution in [3.8, 4) is 0 Å². The van der Waals surface area contributed by atoms with E-state index in [1.165, 1.54) is 5.56 Å². The number of hydrogen-bond donors (Lipinski definition) is 1. The van der Waals surface area contributed by atoms with Crippen LogP contribution in [0.3, 0.4) is 0 Å². The molecule has 26 heavy (non-hydrogen) atoms. The van der Waals surface area contributed by atoms with Gasteiger partial charge >= 0.3 is 0 Å². The van der Waals surface area contributed by atoms with Crippen molar-refractivity contribution >= 4 is 17.2 Å². The summed E-state index contributed by atoms with van der Waals surface area (Å²) in [7, 11) is 0. The number of thiophene rings is 1. The van der Waals surface area contributed by atoms with Gasteiger partial charge in [0, 0.05) is 32.1 Å². The van der Waals surface area contributed by atoms with E-state index in [1.807, 2.05) is 6.92 Å². The average Bonchev–Trinajstić information content (AvgIpc) is 3.28. The second-order valence-electron chi connectivity index (χ2n) is 6.61. The highest BCUT2D eigenvalue weighted by Crippen LogP contribution is 2.09. The fraction of sp³-hybridized carbons (Fsp3) is 0.647. The van der Waals surface area contributed by atoms with E-state index in [2.05, 4.69) is 42.6 Å². The van der Waals surface area contributed by atoms with Crippen LogP contribution in [0.5, 0.6) is 0 Å². The van der Waals surface area contributed by atoms with Gasteiger partial charge in [0.15, 0.2) is 5.82 Å². The van der Waals surface area contributed by atoms with Gasteiger partial charge in [0.2, 0.25) is 5.91 Å². The highest BCUT2D eigenvalue weighted by atomic mass is 32.1. The summed E-state index contributed by atoms with van der Waals surface area (Å²) in [5, 5.41) is 19.2. The molecule has 142 valence electrons. The van der Waals surface area contributed by atoms with Gasteiger partial charge in [-0.2, -0.15) is 11.3 Å². The van der Waals surface area contributed by atoms with Crippen LogP contribution in [0.1, 0.15) is 31.2 Å². The molecule has 1 aliphatic rings. The first-order chi connectivity index (χ1) is 12.7. The van der Waals surface area contributed by atoms with Gasteiger partial charge in [-0.3, -0.25) is 9.69 Å². The molecule has 0 aromatic carbocycles. The third kappa shape index (κ3) is 5.86. The summed E-state index contributed by atoms with van der Waals surface area (Å²) < 4.78 is 7.16. The molecule has 8 nitrogen and oxygen atoms in total. The summed E-state index contributed by atoms with van der Waals surface area (Å²) in [5.74, 6) is 0.925. The Bertz CT molecular complexity index is 669. The van der Waals surface area contributed by atoms with E-state index in [9.17, 15) is 4.79 Å². The van der Waals surface area contributed by atoms with Crippen LogP contribution in [0.15, 0.2) is 16.8 Å². The van der Waals surface area contributed by atoms with Crippen LogP contribution < -0.4 is 5.32 Å². The number of nitrogens with zero attached hydrogens (tertiary/aromatic N) is 5. The molecular weight excluding hydrogens is 352 g/mol. The van der Waals surface area contributed by atoms with E-state index in [0.717, 1.165) is 51.5 Å². The minimum atomic E-state index is 0.0792. The van der Waals surface area contributed by atoms with Gasteiger partial charge in [0.05, 0.1) is 19.8 Å². The van der Waals surface area contributed by atoms with Crippen molar-refractivity contribution in [3.05, 3.63) is 28.2 Å². The lowest BCUT2D eigenvalue weighted by Crippen LogP contribution is -2.36. The number of ether oxygens (including phenoxy) is 1. The number of carbonyl (C=O) groups is 1. The summed E-state index contributed by atoms with van der Waals surface area (Å²) in [4.78, 5) is 14.4. The Hall–Kier alpha value is -1.84. The molecule has 0 aliphatic carbocycles. The topological polar surface area (TPSA) is 85.2 Å². The fourth-order valence-electron chi connectivity index (χ4n) is 3.02. The lowest BCUT2D eigenvalue weighted by Gasteiger charge is -2.25. The molecule has 1 N–H and O–H groups in total. The van der Waals surface area contributed by atoms with E-state index >= 15 is 0 Å². The Morgan fingerprint density at radius 1 is 1.42 bits per heavy atom. The zero-order chi connectivity index (χ0) is 18.2. The number of aryl methyl sites for hydroxylation is 1. The third-order valence-electron chi connectivity index (χ3n) is 4.38. The van der Waals surface area contributed by atoms with Crippen LogP contribution in [0.2, 0.25) is 0 Å². The van der Waals surface area contributed by atoms with Crippen molar-refractivity contribution < 1.29 is 9.53 Å². The van der Waals surface area contributed by atoms with Crippen LogP contribution in [0, 0.1) is 0 Å². The normalized spacial score (nSPS) is 16.5. The van der Waals surface area contributed by atoms with Crippen LogP contribution >= 0.6 is 11.3 Å². The largest absolute Gasteiger partial charge is 0.379 e. The Morgan fingerprint density at radius 3 is 3.04 bits per heavy atom. The van der Waals surface area contributed by atoms with E-state index in [-0.39, 0.29) is 11.9 Å². The molecule has 0 saturated carbocycles. The fourth-order valence-corrected chi connectivity index (χ4v) is 3.70. The van der Waals surface area contributed by atoms with Gasteiger partial charge in [0.1, 0.15) is 0 Å². The molecule has 1 unspecified atom stereocenters. The summed E-state index contributed by atoms with van der Waals surface area (Å²) >= 11 is 1.68. The van der Waals surface area contributed by atoms with Crippen molar-refractivity contribution in [2.75, 3.05) is 26.3 Å². The Balaban J connectivity index is 1.37. The molecule has 1 fully saturated rings. The zero-order valence-electron chi connectivity index (χ0n) is 15.1. The molecule has 1 aliphatic heterocycles. The van der Waals surface area contributed by atoms with Crippen molar-refractivity contribution in [3.63, 3.8) is 0 Å². The molecule has 1 atom stereocenters. The molecule has 1 amide bonds. The van der Waals surface area contributed by atoms with Crippen LogP contribution in [-0.4, -0.2) is 63.4 Å². The van der Waals surface area contributed by atoms with Crippen molar-refractivity contribution in [1.29, 1.82) is 0 Å². The average molecular weight is 379 g/mol. The second-order valence-corrected chi connectivity index (χ2v) is 7.39. The van der Waals surface area contributed by atoms with E-state index < -0.39 is 0 Å². The first-order valence-corrected chi connectivity index (χ1v) is 10.0. The zero-order valence-corrected chi connectivity index (χ0v) is 16.0. The third-order valence-corrected chi connectivity index (χ3v) is 5.11. The molecule has 0 spiro atoms. The standard InChI is InChI=1S/C17H26N6O2S/c1-14(11-15-4-10-26-13-15)18-17(24)3-2-5-23-16(19-20-21-23)12-22-6-8-25-9-7-22/h4,10,13-14H,2-3,5-9,11-12H2,1H3,(H,18,24). The number of amides is 1. The van der Waals surface area contributed by atoms with Crippen LogP contribution in [0.4, 0.5) is 0 Å². The molecule has 0 bridgehead atoms. The van der Waals surface area contributed by atoms with Gasteiger partial charge in [-0.25, -0.2) is 4.68 Å². The number of rotatable bonds is 9. The Morgan fingerprint density at radius 2 is 2.27 bits per heavy atom. The summed E-state index contributed by atoms with van der Waals surface area (Å²) in [6.45, 7) is 6.72. The van der Waals surface area contributed by atoms with E-state index in [0.29, 0.717) is 13.0 Å². The van der Waals surface area contributed by atoms with Gasteiger partial charge in [0.25, 0.3) is 0 Å². The molecule has 9 heteroatoms. The Kier molecular flexibility index (Phi) is 7.10. The summed E-state index contributed by atoms with van der Waals surface area (Å²) in [6, 6.07) is 2.24. The number of nitrogens with one attached hydrogen (secondary N) is 1. The Labute approximate surface area is 157 Å². The van der Waals surface area contributed by atoms with Gasteiger partial charge < -0.3 is 10.1 Å². The van der Waals surface area contributed by atoms with Gasteiger partial charge in [-0.05, 0) is 52.6 Å². The molecular formula is C17H26N6O2S. The number of tetrazole rings is 1. The molecule has 1 saturated heterocycles. The highest BCUT2D eigenvalue weighted by molar-refractivity contribution is 7.07. The summed E-state index contributed by atoms with van der Waals surface area (Å²) in [6.07, 6.45) is 2.06. The maximum Gasteiger partial charge on any atom is 0.220 e. The van der Waals surface area contributed by atoms with Crippen molar-refractivity contribution in [1.82, 2.24) is 30.4 Å². The molecule has 2 aromatic heterocycles. The molecule has 3 rings (SSSR count). The lowest BCUT2D eigenvalue weighted by atomic mass is 10.1. The molecule has 3 heterocycles. The first-order valence-electron chi connectivity index (χ1n) is 9.06. The lowest BCUT2D eigenvalue weighted by molar-refractivity contribution is -0.121. The van der Waals surface area contributed by atoms with Crippen LogP contribution in [-0.2, 0) is 29.0 Å². The monoisotopic (exact) mass is 378 g/mol. The minimum Gasteiger partial charge on any atom is -0.379 e. The molecule has 0 radical (unpaired) electrons. The maximum atomic E-state index is 12.1. The maximum absolute atomic E-state index is 12.1. The molecule has 2 aromatic rings. The summed E-state index contributed by atoms with van der Waals surface area (Å²) in [5.41, 5.74) is 1.27. The second kappa shape index (κ2) is 9.75. The van der Waals surface area contributed by atoms with Gasteiger partial charge in [-0.1, -0.05) is 0 Å². The predicted octanol–water partition coefficient (Wildman–Crippen LogP) is 1.09. The van der Waals surface area contributed by atoms with Gasteiger partial charge in [-0.15, -0.1) is 5.10 Å². The minimum absolute atomic E-state index is 0.0792. The smallest absolute Gasteiger partial charge is 0.220 e.